The van der Waals surface area contributed by atoms with Crippen molar-refractivity contribution in [3.63, 3.8) is 0 Å². The van der Waals surface area contributed by atoms with Crippen LogP contribution >= 0.6 is 11.6 Å². The van der Waals surface area contributed by atoms with E-state index < -0.39 is 0 Å². The number of hydrogen-bond acceptors (Lipinski definition) is 4. The Balaban J connectivity index is 1.45. The van der Waals surface area contributed by atoms with Crippen molar-refractivity contribution in [2.24, 2.45) is 0 Å². The van der Waals surface area contributed by atoms with Gasteiger partial charge in [0, 0.05) is 25.0 Å². The normalized spacial score (nSPS) is 26.9. The van der Waals surface area contributed by atoms with Crippen LogP contribution in [0.1, 0.15) is 48.2 Å². The van der Waals surface area contributed by atoms with Crippen LogP contribution in [-0.4, -0.2) is 22.6 Å². The summed E-state index contributed by atoms with van der Waals surface area (Å²) in [7, 11) is 0. The standard InChI is InChI=1S/C18H20ClN3O/c19-17-6-4-12-3-5-15(18(12)22-17)21-14-7-9-23-16(10-14)13-2-1-8-20-11-13/h1-2,4,6,8,11,14-16,21H,3,5,7,9-10H2/t14-,15?,16-/m1/s1. The van der Waals surface area contributed by atoms with Crippen LogP contribution in [0, 0.1) is 0 Å². The first-order valence-electron chi connectivity index (χ1n) is 8.22. The number of ether oxygens (including phenoxy) is 1. The number of aromatic nitrogens is 2. The fourth-order valence-corrected chi connectivity index (χ4v) is 3.78. The molecule has 120 valence electrons. The fraction of sp³-hybridized carbons (Fsp3) is 0.444. The SMILES string of the molecule is Clc1ccc2c(n1)C(N[C@@H]1CCO[C@@H](c3cccnc3)C1)CC2. The van der Waals surface area contributed by atoms with Crippen molar-refractivity contribution in [3.8, 4) is 0 Å². The molecule has 1 aliphatic carbocycles. The van der Waals surface area contributed by atoms with Crippen molar-refractivity contribution >= 4 is 11.6 Å². The Kier molecular flexibility index (Phi) is 4.29. The van der Waals surface area contributed by atoms with E-state index >= 15 is 0 Å². The predicted octanol–water partition coefficient (Wildman–Crippen LogP) is 3.63. The van der Waals surface area contributed by atoms with Gasteiger partial charge in [0.05, 0.1) is 17.8 Å². The quantitative estimate of drug-likeness (QED) is 0.874. The molecule has 5 heteroatoms. The van der Waals surface area contributed by atoms with Crippen molar-refractivity contribution in [1.82, 2.24) is 15.3 Å². The number of nitrogens with zero attached hydrogens (tertiary/aromatic N) is 2. The number of rotatable bonds is 3. The smallest absolute Gasteiger partial charge is 0.129 e. The molecule has 1 saturated heterocycles. The molecular weight excluding hydrogens is 310 g/mol. The maximum Gasteiger partial charge on any atom is 0.129 e. The second-order valence-electron chi connectivity index (χ2n) is 6.30. The molecule has 1 N–H and O–H groups in total. The van der Waals surface area contributed by atoms with Gasteiger partial charge in [-0.2, -0.15) is 0 Å². The Hall–Kier alpha value is -1.49. The number of halogens is 1. The lowest BCUT2D eigenvalue weighted by Crippen LogP contribution is -2.38. The molecule has 2 aromatic heterocycles. The molecule has 2 aromatic rings. The first kappa shape index (κ1) is 15.1. The lowest BCUT2D eigenvalue weighted by Gasteiger charge is -2.32. The Morgan fingerprint density at radius 1 is 1.22 bits per heavy atom. The molecule has 0 bridgehead atoms. The van der Waals surface area contributed by atoms with Crippen LogP contribution in [0.25, 0.3) is 0 Å². The van der Waals surface area contributed by atoms with E-state index in [0.29, 0.717) is 17.2 Å². The van der Waals surface area contributed by atoms with Crippen LogP contribution in [0.3, 0.4) is 0 Å². The third-order valence-corrected chi connectivity index (χ3v) is 5.00. The monoisotopic (exact) mass is 329 g/mol. The van der Waals surface area contributed by atoms with Crippen molar-refractivity contribution < 1.29 is 4.74 Å². The second kappa shape index (κ2) is 6.56. The summed E-state index contributed by atoms with van der Waals surface area (Å²) < 4.78 is 5.93. The molecule has 1 unspecified atom stereocenters. The van der Waals surface area contributed by atoms with Crippen LogP contribution in [0.5, 0.6) is 0 Å². The lowest BCUT2D eigenvalue weighted by molar-refractivity contribution is -0.00200. The number of pyridine rings is 2. The highest BCUT2D eigenvalue weighted by molar-refractivity contribution is 6.29. The molecule has 0 amide bonds. The molecule has 4 rings (SSSR count). The van der Waals surface area contributed by atoms with Crippen LogP contribution in [0.2, 0.25) is 5.15 Å². The average molecular weight is 330 g/mol. The predicted molar refractivity (Wildman–Crippen MR) is 89.4 cm³/mol. The highest BCUT2D eigenvalue weighted by Crippen LogP contribution is 2.34. The third-order valence-electron chi connectivity index (χ3n) is 4.79. The van der Waals surface area contributed by atoms with Gasteiger partial charge in [0.2, 0.25) is 0 Å². The summed E-state index contributed by atoms with van der Waals surface area (Å²) in [6.07, 6.45) is 8.00. The molecular formula is C18H20ClN3O. The van der Waals surface area contributed by atoms with Crippen LogP contribution < -0.4 is 5.32 Å². The maximum atomic E-state index is 6.07. The van der Waals surface area contributed by atoms with E-state index in [0.717, 1.165) is 43.5 Å². The zero-order valence-corrected chi connectivity index (χ0v) is 13.7. The summed E-state index contributed by atoms with van der Waals surface area (Å²) in [5.74, 6) is 0. The van der Waals surface area contributed by atoms with Crippen LogP contribution in [0.15, 0.2) is 36.7 Å². The molecule has 4 nitrogen and oxygen atoms in total. The van der Waals surface area contributed by atoms with Crippen LogP contribution in [0.4, 0.5) is 0 Å². The van der Waals surface area contributed by atoms with Gasteiger partial charge in [0.1, 0.15) is 5.15 Å². The van der Waals surface area contributed by atoms with Gasteiger partial charge in [-0.3, -0.25) is 4.98 Å². The number of nitrogens with one attached hydrogen (secondary N) is 1. The van der Waals surface area contributed by atoms with Gasteiger partial charge in [-0.1, -0.05) is 23.7 Å². The molecule has 2 aliphatic rings. The van der Waals surface area contributed by atoms with Crippen molar-refractivity contribution in [2.45, 2.75) is 43.9 Å². The highest BCUT2D eigenvalue weighted by Gasteiger charge is 2.30. The van der Waals surface area contributed by atoms with E-state index in [4.69, 9.17) is 16.3 Å². The fourth-order valence-electron chi connectivity index (χ4n) is 3.62. The van der Waals surface area contributed by atoms with Gasteiger partial charge in [0.15, 0.2) is 0 Å². The topological polar surface area (TPSA) is 47.0 Å². The molecule has 0 aromatic carbocycles. The Bertz CT molecular complexity index is 679. The van der Waals surface area contributed by atoms with E-state index in [1.165, 1.54) is 5.56 Å². The molecule has 0 spiro atoms. The van der Waals surface area contributed by atoms with Crippen molar-refractivity contribution in [2.75, 3.05) is 6.61 Å². The zero-order chi connectivity index (χ0) is 15.6. The lowest BCUT2D eigenvalue weighted by atomic mass is 9.97. The average Bonchev–Trinajstić information content (AvgIpc) is 2.98. The molecule has 23 heavy (non-hydrogen) atoms. The largest absolute Gasteiger partial charge is 0.373 e. The van der Waals surface area contributed by atoms with Gasteiger partial charge >= 0.3 is 0 Å². The van der Waals surface area contributed by atoms with Gasteiger partial charge in [0.25, 0.3) is 0 Å². The van der Waals surface area contributed by atoms with Gasteiger partial charge < -0.3 is 10.1 Å². The minimum Gasteiger partial charge on any atom is -0.373 e. The highest BCUT2D eigenvalue weighted by atomic mass is 35.5. The van der Waals surface area contributed by atoms with Crippen LogP contribution in [-0.2, 0) is 11.2 Å². The molecule has 3 atom stereocenters. The first-order valence-corrected chi connectivity index (χ1v) is 8.60. The van der Waals surface area contributed by atoms with Gasteiger partial charge in [-0.15, -0.1) is 0 Å². The Morgan fingerprint density at radius 3 is 3.04 bits per heavy atom. The summed E-state index contributed by atoms with van der Waals surface area (Å²) in [6.45, 7) is 0.778. The van der Waals surface area contributed by atoms with Crippen molar-refractivity contribution in [3.05, 3.63) is 58.6 Å². The third kappa shape index (κ3) is 3.25. The minimum atomic E-state index is 0.128. The summed E-state index contributed by atoms with van der Waals surface area (Å²) in [5, 5.41) is 4.36. The van der Waals surface area contributed by atoms with Crippen molar-refractivity contribution in [1.29, 1.82) is 0 Å². The summed E-state index contributed by atoms with van der Waals surface area (Å²) in [4.78, 5) is 8.74. The van der Waals surface area contributed by atoms with E-state index in [9.17, 15) is 0 Å². The van der Waals surface area contributed by atoms with E-state index in [1.807, 2.05) is 18.3 Å². The minimum absolute atomic E-state index is 0.128. The number of hydrogen-bond donors (Lipinski definition) is 1. The summed E-state index contributed by atoms with van der Waals surface area (Å²) >= 11 is 6.07. The molecule has 0 saturated carbocycles. The van der Waals surface area contributed by atoms with E-state index in [1.54, 1.807) is 6.20 Å². The Labute approximate surface area is 141 Å². The molecule has 0 radical (unpaired) electrons. The molecule has 3 heterocycles. The zero-order valence-electron chi connectivity index (χ0n) is 12.9. The number of aryl methyl sites for hydroxylation is 1. The van der Waals surface area contributed by atoms with E-state index in [-0.39, 0.29) is 6.10 Å². The molecule has 1 aliphatic heterocycles. The maximum absolute atomic E-state index is 6.07. The van der Waals surface area contributed by atoms with E-state index in [2.05, 4.69) is 27.4 Å². The van der Waals surface area contributed by atoms with Gasteiger partial charge in [-0.05, 0) is 48.9 Å². The Morgan fingerprint density at radius 2 is 2.17 bits per heavy atom. The molecule has 1 fully saturated rings. The summed E-state index contributed by atoms with van der Waals surface area (Å²) in [6, 6.07) is 8.79. The first-order chi connectivity index (χ1) is 11.3. The number of fused-ring (bicyclic) bond motifs is 1. The second-order valence-corrected chi connectivity index (χ2v) is 6.69. The summed E-state index contributed by atoms with van der Waals surface area (Å²) in [5.41, 5.74) is 3.61. The van der Waals surface area contributed by atoms with Gasteiger partial charge in [-0.25, -0.2) is 4.98 Å².